The number of carbonyl (C=O) groups excluding carboxylic acids is 1. The molecule has 0 bridgehead atoms. The Hall–Kier alpha value is -2.27. The van der Waals surface area contributed by atoms with E-state index in [4.69, 9.17) is 0 Å². The molecule has 2 heterocycles. The fourth-order valence-corrected chi connectivity index (χ4v) is 3.56. The van der Waals surface area contributed by atoms with E-state index in [-0.39, 0.29) is 11.5 Å². The standard InChI is InChI=1S/C21H26FN3O/c1-16-8-9-19(20(22)14-16)21(26)25-12-5-7-18(10-13-25)24(2)15-17-6-3-4-11-23-17/h3-4,6,8-9,11,14,18H,5,7,10,12-13,15H2,1-2H3/t18-/m1/s1. The van der Waals surface area contributed by atoms with Crippen LogP contribution in [0.3, 0.4) is 0 Å². The van der Waals surface area contributed by atoms with Gasteiger partial charge in [-0.25, -0.2) is 4.39 Å². The highest BCUT2D eigenvalue weighted by Gasteiger charge is 2.25. The number of halogens is 1. The molecule has 5 heteroatoms. The van der Waals surface area contributed by atoms with Crippen LogP contribution in [-0.2, 0) is 6.54 Å². The summed E-state index contributed by atoms with van der Waals surface area (Å²) in [5.74, 6) is -0.626. The molecular formula is C21H26FN3O. The molecule has 26 heavy (non-hydrogen) atoms. The number of amides is 1. The Labute approximate surface area is 154 Å². The number of rotatable bonds is 4. The lowest BCUT2D eigenvalue weighted by atomic mass is 10.1. The number of pyridine rings is 1. The fourth-order valence-electron chi connectivity index (χ4n) is 3.56. The number of carbonyl (C=O) groups is 1. The number of benzene rings is 1. The second-order valence-corrected chi connectivity index (χ2v) is 7.10. The molecule has 0 saturated carbocycles. The zero-order valence-electron chi connectivity index (χ0n) is 15.5. The first-order valence-corrected chi connectivity index (χ1v) is 9.20. The molecular weight excluding hydrogens is 329 g/mol. The van der Waals surface area contributed by atoms with E-state index in [0.717, 1.165) is 37.1 Å². The molecule has 3 rings (SSSR count). The van der Waals surface area contributed by atoms with Gasteiger partial charge in [-0.2, -0.15) is 0 Å². The molecule has 0 N–H and O–H groups in total. The van der Waals surface area contributed by atoms with E-state index in [1.54, 1.807) is 17.0 Å². The monoisotopic (exact) mass is 355 g/mol. The van der Waals surface area contributed by atoms with Gasteiger partial charge in [-0.05, 0) is 63.1 Å². The van der Waals surface area contributed by atoms with E-state index in [1.165, 1.54) is 6.07 Å². The van der Waals surface area contributed by atoms with Gasteiger partial charge in [0.15, 0.2) is 0 Å². The van der Waals surface area contributed by atoms with Crippen molar-refractivity contribution in [2.75, 3.05) is 20.1 Å². The van der Waals surface area contributed by atoms with Crippen LogP contribution in [0.4, 0.5) is 4.39 Å². The predicted octanol–water partition coefficient (Wildman–Crippen LogP) is 3.66. The molecule has 1 aliphatic rings. The Morgan fingerprint density at radius 1 is 1.27 bits per heavy atom. The Morgan fingerprint density at radius 3 is 2.85 bits per heavy atom. The van der Waals surface area contributed by atoms with Gasteiger partial charge in [0.25, 0.3) is 5.91 Å². The Kier molecular flexibility index (Phi) is 5.99. The van der Waals surface area contributed by atoms with E-state index < -0.39 is 5.82 Å². The van der Waals surface area contributed by atoms with Crippen LogP contribution >= 0.6 is 0 Å². The molecule has 138 valence electrons. The van der Waals surface area contributed by atoms with Crippen LogP contribution in [0.25, 0.3) is 0 Å². The fraction of sp³-hybridized carbons (Fsp3) is 0.429. The van der Waals surface area contributed by atoms with E-state index in [0.29, 0.717) is 19.1 Å². The summed E-state index contributed by atoms with van der Waals surface area (Å²) in [5, 5.41) is 0. The van der Waals surface area contributed by atoms with E-state index in [2.05, 4.69) is 16.9 Å². The van der Waals surface area contributed by atoms with Gasteiger partial charge in [0.05, 0.1) is 11.3 Å². The summed E-state index contributed by atoms with van der Waals surface area (Å²) < 4.78 is 14.1. The average Bonchev–Trinajstić information content (AvgIpc) is 2.88. The molecule has 1 saturated heterocycles. The molecule has 1 atom stereocenters. The lowest BCUT2D eigenvalue weighted by Crippen LogP contribution is -2.35. The zero-order chi connectivity index (χ0) is 18.5. The third-order valence-electron chi connectivity index (χ3n) is 5.10. The number of aryl methyl sites for hydroxylation is 1. The van der Waals surface area contributed by atoms with Crippen molar-refractivity contribution in [3.05, 3.63) is 65.2 Å². The van der Waals surface area contributed by atoms with Crippen LogP contribution in [0.2, 0.25) is 0 Å². The number of hydrogen-bond acceptors (Lipinski definition) is 3. The molecule has 1 aliphatic heterocycles. The van der Waals surface area contributed by atoms with Gasteiger partial charge in [-0.15, -0.1) is 0 Å². The maximum absolute atomic E-state index is 14.1. The summed E-state index contributed by atoms with van der Waals surface area (Å²) in [6.45, 7) is 3.96. The zero-order valence-corrected chi connectivity index (χ0v) is 15.5. The summed E-state index contributed by atoms with van der Waals surface area (Å²) in [5.41, 5.74) is 2.05. The Balaban J connectivity index is 1.61. The molecule has 1 aromatic heterocycles. The van der Waals surface area contributed by atoms with Crippen LogP contribution in [0.1, 0.15) is 40.9 Å². The highest BCUT2D eigenvalue weighted by Crippen LogP contribution is 2.20. The third-order valence-corrected chi connectivity index (χ3v) is 5.10. The maximum Gasteiger partial charge on any atom is 0.256 e. The molecule has 2 aromatic rings. The molecule has 1 fully saturated rings. The minimum atomic E-state index is -0.428. The van der Waals surface area contributed by atoms with Crippen molar-refractivity contribution < 1.29 is 9.18 Å². The molecule has 1 aromatic carbocycles. The van der Waals surface area contributed by atoms with Crippen molar-refractivity contribution in [1.82, 2.24) is 14.8 Å². The summed E-state index contributed by atoms with van der Waals surface area (Å²) in [6, 6.07) is 11.2. The van der Waals surface area contributed by atoms with Gasteiger partial charge in [0.1, 0.15) is 5.82 Å². The van der Waals surface area contributed by atoms with E-state index in [1.807, 2.05) is 31.3 Å². The third kappa shape index (κ3) is 4.47. The summed E-state index contributed by atoms with van der Waals surface area (Å²) in [7, 11) is 2.11. The van der Waals surface area contributed by atoms with Gasteiger partial charge >= 0.3 is 0 Å². The quantitative estimate of drug-likeness (QED) is 0.840. The average molecular weight is 355 g/mol. The topological polar surface area (TPSA) is 36.4 Å². The number of hydrogen-bond donors (Lipinski definition) is 0. The molecule has 0 aliphatic carbocycles. The SMILES string of the molecule is Cc1ccc(C(=O)N2CCC[C@@H](N(C)Cc3ccccn3)CC2)c(F)c1. The van der Waals surface area contributed by atoms with Crippen molar-refractivity contribution in [2.45, 2.75) is 38.8 Å². The Bertz CT molecular complexity index is 750. The number of nitrogens with zero attached hydrogens (tertiary/aromatic N) is 3. The normalized spacial score (nSPS) is 18.0. The predicted molar refractivity (Wildman–Crippen MR) is 100 cm³/mol. The van der Waals surface area contributed by atoms with Crippen LogP contribution in [-0.4, -0.2) is 46.9 Å². The van der Waals surface area contributed by atoms with E-state index >= 15 is 0 Å². The highest BCUT2D eigenvalue weighted by molar-refractivity contribution is 5.94. The minimum Gasteiger partial charge on any atom is -0.338 e. The smallest absolute Gasteiger partial charge is 0.256 e. The lowest BCUT2D eigenvalue weighted by Gasteiger charge is -2.27. The second kappa shape index (κ2) is 8.41. The Morgan fingerprint density at radius 2 is 2.12 bits per heavy atom. The van der Waals surface area contributed by atoms with Crippen molar-refractivity contribution in [2.24, 2.45) is 0 Å². The van der Waals surface area contributed by atoms with Crippen molar-refractivity contribution in [1.29, 1.82) is 0 Å². The van der Waals surface area contributed by atoms with Crippen LogP contribution in [0, 0.1) is 12.7 Å². The highest BCUT2D eigenvalue weighted by atomic mass is 19.1. The summed E-state index contributed by atoms with van der Waals surface area (Å²) in [4.78, 5) is 21.2. The first-order chi connectivity index (χ1) is 12.5. The number of aromatic nitrogens is 1. The van der Waals surface area contributed by atoms with Gasteiger partial charge in [0, 0.05) is 31.9 Å². The first-order valence-electron chi connectivity index (χ1n) is 9.20. The van der Waals surface area contributed by atoms with Crippen LogP contribution in [0.5, 0.6) is 0 Å². The first kappa shape index (κ1) is 18.5. The van der Waals surface area contributed by atoms with Crippen molar-refractivity contribution >= 4 is 5.91 Å². The van der Waals surface area contributed by atoms with Gasteiger partial charge < -0.3 is 4.90 Å². The molecule has 0 spiro atoms. The molecule has 0 unspecified atom stereocenters. The minimum absolute atomic E-state index is 0.177. The van der Waals surface area contributed by atoms with Gasteiger partial charge in [-0.3, -0.25) is 14.7 Å². The number of likely N-dealkylation sites (tertiary alicyclic amines) is 1. The summed E-state index contributed by atoms with van der Waals surface area (Å²) >= 11 is 0. The maximum atomic E-state index is 14.1. The lowest BCUT2D eigenvalue weighted by molar-refractivity contribution is 0.0752. The van der Waals surface area contributed by atoms with Crippen LogP contribution < -0.4 is 0 Å². The van der Waals surface area contributed by atoms with E-state index in [9.17, 15) is 9.18 Å². The molecule has 4 nitrogen and oxygen atoms in total. The van der Waals surface area contributed by atoms with Crippen molar-refractivity contribution in [3.8, 4) is 0 Å². The van der Waals surface area contributed by atoms with Crippen molar-refractivity contribution in [3.63, 3.8) is 0 Å². The second-order valence-electron chi connectivity index (χ2n) is 7.10. The van der Waals surface area contributed by atoms with Gasteiger partial charge in [0.2, 0.25) is 0 Å². The summed E-state index contributed by atoms with van der Waals surface area (Å²) in [6.07, 6.45) is 4.66. The molecule has 0 radical (unpaired) electrons. The molecule has 1 amide bonds. The van der Waals surface area contributed by atoms with Crippen LogP contribution in [0.15, 0.2) is 42.6 Å². The largest absolute Gasteiger partial charge is 0.338 e. The van der Waals surface area contributed by atoms with Gasteiger partial charge in [-0.1, -0.05) is 12.1 Å².